The van der Waals surface area contributed by atoms with Crippen LogP contribution in [0.3, 0.4) is 0 Å². The Labute approximate surface area is 118 Å². The zero-order chi connectivity index (χ0) is 14.7. The Morgan fingerprint density at radius 2 is 1.42 bits per heavy atom. The van der Waals surface area contributed by atoms with Crippen molar-refractivity contribution < 1.29 is 4.79 Å². The molecule has 19 heavy (non-hydrogen) atoms. The predicted molar refractivity (Wildman–Crippen MR) is 82.1 cm³/mol. The van der Waals surface area contributed by atoms with Crippen LogP contribution in [0.25, 0.3) is 0 Å². The average molecular weight is 269 g/mol. The summed E-state index contributed by atoms with van der Waals surface area (Å²) < 4.78 is 0. The third-order valence-electron chi connectivity index (χ3n) is 3.64. The average Bonchev–Trinajstić information content (AvgIpc) is 2.41. The Hall–Kier alpha value is -0.870. The summed E-state index contributed by atoms with van der Waals surface area (Å²) in [6, 6.07) is 0. The van der Waals surface area contributed by atoms with Gasteiger partial charge in [-0.3, -0.25) is 4.79 Å². The lowest BCUT2D eigenvalue weighted by molar-refractivity contribution is -0.114. The summed E-state index contributed by atoms with van der Waals surface area (Å²) in [5, 5.41) is 0. The molecule has 1 amide bonds. The first kappa shape index (κ1) is 18.1. The number of primary amides is 1. The number of hydrogen-bond acceptors (Lipinski definition) is 3. The zero-order valence-electron chi connectivity index (χ0n) is 13.1. The smallest absolute Gasteiger partial charge is 0.244 e. The van der Waals surface area contributed by atoms with Gasteiger partial charge in [0.05, 0.1) is 0 Å². The van der Waals surface area contributed by atoms with Gasteiger partial charge in [0.2, 0.25) is 5.91 Å². The first-order valence-corrected chi connectivity index (χ1v) is 7.52. The van der Waals surface area contributed by atoms with Gasteiger partial charge in [0, 0.05) is 18.7 Å². The lowest BCUT2D eigenvalue weighted by atomic mass is 10.1. The second-order valence-electron chi connectivity index (χ2n) is 4.69. The molecule has 0 radical (unpaired) electrons. The topological polar surface area (TPSA) is 49.6 Å². The van der Waals surface area contributed by atoms with Crippen molar-refractivity contribution in [1.29, 1.82) is 0 Å². The van der Waals surface area contributed by atoms with E-state index < -0.39 is 0 Å². The molecule has 0 atom stereocenters. The molecule has 0 aliphatic rings. The van der Waals surface area contributed by atoms with Gasteiger partial charge in [0.1, 0.15) is 0 Å². The maximum atomic E-state index is 11.4. The Morgan fingerprint density at radius 1 is 0.947 bits per heavy atom. The third kappa shape index (κ3) is 8.01. The van der Waals surface area contributed by atoms with Gasteiger partial charge in [-0.1, -0.05) is 33.8 Å². The molecule has 0 aliphatic carbocycles. The summed E-state index contributed by atoms with van der Waals surface area (Å²) in [5.41, 5.74) is 6.23. The lowest BCUT2D eigenvalue weighted by Crippen LogP contribution is -2.27. The van der Waals surface area contributed by atoms with E-state index in [2.05, 4.69) is 37.5 Å². The Kier molecular flexibility index (Phi) is 10.5. The van der Waals surface area contributed by atoms with Crippen molar-refractivity contribution in [3.63, 3.8) is 0 Å². The van der Waals surface area contributed by atoms with E-state index in [1.54, 1.807) is 0 Å². The number of carbonyl (C=O) groups excluding carboxylic acids is 1. The Bertz CT molecular complexity index is 269. The number of nitrogens with zero attached hydrogens (tertiary/aromatic N) is 2. The highest BCUT2D eigenvalue weighted by Crippen LogP contribution is 2.05. The van der Waals surface area contributed by atoms with Crippen molar-refractivity contribution >= 4 is 5.91 Å². The fourth-order valence-electron chi connectivity index (χ4n) is 2.11. The number of nitrogens with two attached hydrogens (primary N) is 1. The minimum absolute atomic E-state index is 0.272. The molecule has 2 N–H and O–H groups in total. The molecule has 0 heterocycles. The van der Waals surface area contributed by atoms with Gasteiger partial charge in [-0.2, -0.15) is 0 Å². The monoisotopic (exact) mass is 269 g/mol. The number of amides is 1. The minimum atomic E-state index is -0.272. The molecule has 0 rings (SSSR count). The molecular weight excluding hydrogens is 238 g/mol. The van der Waals surface area contributed by atoms with Gasteiger partial charge in [-0.15, -0.1) is 0 Å². The van der Waals surface area contributed by atoms with Crippen molar-refractivity contribution in [3.8, 4) is 0 Å². The molecule has 0 aromatic carbocycles. The first-order valence-electron chi connectivity index (χ1n) is 7.52. The molecule has 0 spiro atoms. The number of rotatable bonds is 11. The third-order valence-corrected chi connectivity index (χ3v) is 3.64. The fourth-order valence-corrected chi connectivity index (χ4v) is 2.11. The number of hydrogen-bond donors (Lipinski definition) is 1. The van der Waals surface area contributed by atoms with Crippen LogP contribution in [0, 0.1) is 0 Å². The largest absolute Gasteiger partial charge is 0.366 e. The molecular formula is C15H31N3O. The predicted octanol–water partition coefficient (Wildman–Crippen LogP) is 1.86. The van der Waals surface area contributed by atoms with Gasteiger partial charge >= 0.3 is 0 Å². The van der Waals surface area contributed by atoms with Gasteiger partial charge in [-0.05, 0) is 39.0 Å². The second kappa shape index (κ2) is 11.0. The molecule has 0 aromatic rings. The van der Waals surface area contributed by atoms with Gasteiger partial charge < -0.3 is 15.5 Å². The summed E-state index contributed by atoms with van der Waals surface area (Å²) in [4.78, 5) is 16.1. The van der Waals surface area contributed by atoms with E-state index in [1.165, 1.54) is 0 Å². The molecule has 0 aliphatic heterocycles. The van der Waals surface area contributed by atoms with Crippen LogP contribution in [-0.2, 0) is 4.79 Å². The number of carbonyl (C=O) groups is 1. The summed E-state index contributed by atoms with van der Waals surface area (Å²) >= 11 is 0. The van der Waals surface area contributed by atoms with Crippen LogP contribution in [0.1, 0.15) is 40.5 Å². The molecule has 112 valence electrons. The van der Waals surface area contributed by atoms with E-state index in [9.17, 15) is 4.79 Å². The first-order chi connectivity index (χ1) is 9.08. The highest BCUT2D eigenvalue weighted by Gasteiger charge is 2.07. The van der Waals surface area contributed by atoms with Crippen LogP contribution in [0.5, 0.6) is 0 Å². The lowest BCUT2D eigenvalue weighted by Gasteiger charge is -2.19. The fraction of sp³-hybridized carbons (Fsp3) is 0.800. The molecule has 0 aromatic heterocycles. The van der Waals surface area contributed by atoms with Crippen molar-refractivity contribution in [3.05, 3.63) is 11.6 Å². The van der Waals surface area contributed by atoms with Crippen LogP contribution < -0.4 is 5.73 Å². The van der Waals surface area contributed by atoms with E-state index in [-0.39, 0.29) is 5.91 Å². The van der Waals surface area contributed by atoms with Gasteiger partial charge in [0.15, 0.2) is 0 Å². The normalized spacial score (nSPS) is 12.4. The van der Waals surface area contributed by atoms with E-state index in [4.69, 9.17) is 5.73 Å². The van der Waals surface area contributed by atoms with Gasteiger partial charge in [0.25, 0.3) is 0 Å². The zero-order valence-corrected chi connectivity index (χ0v) is 13.1. The van der Waals surface area contributed by atoms with E-state index in [0.717, 1.165) is 57.7 Å². The molecule has 0 bridgehead atoms. The summed E-state index contributed by atoms with van der Waals surface area (Å²) in [7, 11) is 0. The summed E-state index contributed by atoms with van der Waals surface area (Å²) in [6.07, 6.45) is 3.68. The van der Waals surface area contributed by atoms with E-state index in [0.29, 0.717) is 0 Å². The molecule has 0 unspecified atom stereocenters. The van der Waals surface area contributed by atoms with E-state index in [1.807, 2.05) is 6.08 Å². The molecule has 0 saturated heterocycles. The molecule has 0 fully saturated rings. The van der Waals surface area contributed by atoms with Crippen LogP contribution in [0.2, 0.25) is 0 Å². The SMILES string of the molecule is CCN(CC)CCC=C(CCN(CC)CC)C(N)=O. The van der Waals surface area contributed by atoms with Gasteiger partial charge in [-0.25, -0.2) is 0 Å². The molecule has 4 heteroatoms. The van der Waals surface area contributed by atoms with Crippen molar-refractivity contribution in [2.45, 2.75) is 40.5 Å². The van der Waals surface area contributed by atoms with Crippen LogP contribution in [0.15, 0.2) is 11.6 Å². The van der Waals surface area contributed by atoms with Crippen molar-refractivity contribution in [2.24, 2.45) is 5.73 Å². The standard InChI is InChI=1S/C15H31N3O/c1-5-17(6-2)12-9-10-14(15(16)19)11-13-18(7-3)8-4/h10H,5-9,11-13H2,1-4H3,(H2,16,19). The van der Waals surface area contributed by atoms with Crippen LogP contribution in [0.4, 0.5) is 0 Å². The van der Waals surface area contributed by atoms with Crippen molar-refractivity contribution in [1.82, 2.24) is 9.80 Å². The Balaban J connectivity index is 4.27. The molecule has 4 nitrogen and oxygen atoms in total. The quantitative estimate of drug-likeness (QED) is 0.583. The van der Waals surface area contributed by atoms with Crippen molar-refractivity contribution in [2.75, 3.05) is 39.3 Å². The minimum Gasteiger partial charge on any atom is -0.366 e. The molecule has 0 saturated carbocycles. The summed E-state index contributed by atoms with van der Waals surface area (Å²) in [6.45, 7) is 14.6. The summed E-state index contributed by atoms with van der Waals surface area (Å²) in [5.74, 6) is -0.272. The highest BCUT2D eigenvalue weighted by molar-refractivity contribution is 5.91. The Morgan fingerprint density at radius 3 is 1.84 bits per heavy atom. The van der Waals surface area contributed by atoms with E-state index >= 15 is 0 Å². The maximum absolute atomic E-state index is 11.4. The van der Waals surface area contributed by atoms with Crippen LogP contribution in [-0.4, -0.2) is 55.0 Å². The maximum Gasteiger partial charge on any atom is 0.244 e. The van der Waals surface area contributed by atoms with Crippen LogP contribution >= 0.6 is 0 Å². The second-order valence-corrected chi connectivity index (χ2v) is 4.69. The highest BCUT2D eigenvalue weighted by atomic mass is 16.1.